The van der Waals surface area contributed by atoms with Gasteiger partial charge in [0, 0.05) is 0 Å². The highest BCUT2D eigenvalue weighted by Gasteiger charge is 2.46. The molecule has 0 aliphatic carbocycles. The summed E-state index contributed by atoms with van der Waals surface area (Å²) in [7, 11) is 0. The highest BCUT2D eigenvalue weighted by atomic mass is 19.3. The zero-order valence-electron chi connectivity index (χ0n) is 7.23. The minimum Gasteiger partial charge on any atom is -0.329 e. The Morgan fingerprint density at radius 1 is 1.50 bits per heavy atom. The van der Waals surface area contributed by atoms with E-state index in [4.69, 9.17) is 0 Å². The average molecular weight is 202 g/mol. The minimum absolute atomic E-state index is 0.0317. The lowest BCUT2D eigenvalue weighted by Gasteiger charge is -2.38. The second kappa shape index (κ2) is 3.00. The van der Waals surface area contributed by atoms with Crippen molar-refractivity contribution >= 4 is 5.91 Å². The lowest BCUT2D eigenvalue weighted by Crippen LogP contribution is -2.59. The van der Waals surface area contributed by atoms with Gasteiger partial charge >= 0.3 is 0 Å². The molecule has 76 valence electrons. The van der Waals surface area contributed by atoms with E-state index in [1.54, 1.807) is 0 Å². The minimum atomic E-state index is -2.71. The highest BCUT2D eigenvalue weighted by molar-refractivity contribution is 5.77. The lowest BCUT2D eigenvalue weighted by atomic mass is 10.1. The van der Waals surface area contributed by atoms with E-state index < -0.39 is 19.0 Å². The highest BCUT2D eigenvalue weighted by Crippen LogP contribution is 2.26. The molecule has 1 amide bonds. The van der Waals surface area contributed by atoms with E-state index in [2.05, 4.69) is 10.1 Å². The first-order chi connectivity index (χ1) is 6.57. The number of hydrogen-bond acceptors (Lipinski definition) is 3. The predicted molar refractivity (Wildman–Crippen MR) is 41.5 cm³/mol. The van der Waals surface area contributed by atoms with Crippen molar-refractivity contribution in [2.45, 2.75) is 12.5 Å². The first-order valence-corrected chi connectivity index (χ1v) is 4.05. The molecule has 2 rings (SSSR count). The summed E-state index contributed by atoms with van der Waals surface area (Å²) in [5, 5.41) is 3.70. The Morgan fingerprint density at radius 2 is 2.21 bits per heavy atom. The van der Waals surface area contributed by atoms with Gasteiger partial charge in [-0.1, -0.05) is 0 Å². The van der Waals surface area contributed by atoms with Crippen LogP contribution in [-0.2, 0) is 11.3 Å². The maximum absolute atomic E-state index is 12.4. The topological polar surface area (TPSA) is 51.0 Å². The van der Waals surface area contributed by atoms with Gasteiger partial charge in [-0.15, -0.1) is 0 Å². The number of rotatable bonds is 2. The molecule has 1 saturated heterocycles. The van der Waals surface area contributed by atoms with Crippen LogP contribution in [0.2, 0.25) is 0 Å². The average Bonchev–Trinajstić information content (AvgIpc) is 2.52. The van der Waals surface area contributed by atoms with Gasteiger partial charge in [0.1, 0.15) is 19.2 Å². The molecule has 14 heavy (non-hydrogen) atoms. The Labute approximate surface area is 78.3 Å². The van der Waals surface area contributed by atoms with E-state index in [0.717, 1.165) is 4.90 Å². The van der Waals surface area contributed by atoms with E-state index in [1.807, 2.05) is 0 Å². The molecule has 1 aromatic heterocycles. The van der Waals surface area contributed by atoms with Crippen molar-refractivity contribution in [2.24, 2.45) is 0 Å². The molecule has 0 spiro atoms. The van der Waals surface area contributed by atoms with Crippen molar-refractivity contribution < 1.29 is 13.6 Å². The van der Waals surface area contributed by atoms with Gasteiger partial charge in [0.15, 0.2) is 0 Å². The number of amides is 1. The number of nitrogens with zero attached hydrogens (tertiary/aromatic N) is 4. The molecule has 1 aliphatic rings. The van der Waals surface area contributed by atoms with E-state index >= 15 is 0 Å². The number of alkyl halides is 2. The summed E-state index contributed by atoms with van der Waals surface area (Å²) in [5.74, 6) is -3.07. The maximum atomic E-state index is 12.4. The van der Waals surface area contributed by atoms with Crippen LogP contribution in [0.5, 0.6) is 0 Å². The van der Waals surface area contributed by atoms with Crippen LogP contribution in [0.3, 0.4) is 0 Å². The molecule has 0 atom stereocenters. The number of carbonyl (C=O) groups excluding carboxylic acids is 1. The Kier molecular flexibility index (Phi) is 1.94. The van der Waals surface area contributed by atoms with Crippen LogP contribution in [0.15, 0.2) is 12.7 Å². The number of likely N-dealkylation sites (tertiary alicyclic amines) is 1. The second-order valence-corrected chi connectivity index (χ2v) is 3.20. The Hall–Kier alpha value is -1.53. The number of halogens is 2. The molecule has 0 aromatic carbocycles. The van der Waals surface area contributed by atoms with E-state index in [1.165, 1.54) is 17.3 Å². The number of aromatic nitrogens is 3. The molecule has 0 radical (unpaired) electrons. The lowest BCUT2D eigenvalue weighted by molar-refractivity contribution is -0.166. The fourth-order valence-electron chi connectivity index (χ4n) is 1.24. The van der Waals surface area contributed by atoms with E-state index in [0.29, 0.717) is 0 Å². The third-order valence-corrected chi connectivity index (χ3v) is 1.96. The third-order valence-electron chi connectivity index (χ3n) is 1.96. The van der Waals surface area contributed by atoms with Crippen LogP contribution in [0.1, 0.15) is 0 Å². The fraction of sp³-hybridized carbons (Fsp3) is 0.571. The molecule has 5 nitrogen and oxygen atoms in total. The first kappa shape index (κ1) is 9.04. The Morgan fingerprint density at radius 3 is 2.71 bits per heavy atom. The standard InChI is InChI=1S/C7H8F2N4O/c8-7(9)2-12(3-7)6(14)1-13-5-10-4-11-13/h4-5H,1-3H2. The van der Waals surface area contributed by atoms with Gasteiger partial charge in [0.2, 0.25) is 5.91 Å². The van der Waals surface area contributed by atoms with Crippen LogP contribution in [0, 0.1) is 0 Å². The van der Waals surface area contributed by atoms with E-state index in [-0.39, 0.29) is 12.5 Å². The second-order valence-electron chi connectivity index (χ2n) is 3.20. The van der Waals surface area contributed by atoms with Gasteiger partial charge in [0.05, 0.1) is 13.1 Å². The monoisotopic (exact) mass is 202 g/mol. The molecule has 7 heteroatoms. The molecule has 1 aliphatic heterocycles. The van der Waals surface area contributed by atoms with Gasteiger partial charge in [-0.05, 0) is 0 Å². The van der Waals surface area contributed by atoms with Gasteiger partial charge in [0.25, 0.3) is 5.92 Å². The zero-order chi connectivity index (χ0) is 10.2. The van der Waals surface area contributed by atoms with Gasteiger partial charge in [-0.3, -0.25) is 4.79 Å². The summed E-state index contributed by atoms with van der Waals surface area (Å²) in [6.07, 6.45) is 2.66. The molecule has 0 saturated carbocycles. The predicted octanol–water partition coefficient (Wildman–Crippen LogP) is -0.244. The molecule has 0 N–H and O–H groups in total. The molecular weight excluding hydrogens is 194 g/mol. The Balaban J connectivity index is 1.86. The molecule has 0 unspecified atom stereocenters. The summed E-state index contributed by atoms with van der Waals surface area (Å²) in [6, 6.07) is 0. The molecule has 1 aromatic rings. The van der Waals surface area contributed by atoms with Gasteiger partial charge in [-0.25, -0.2) is 18.4 Å². The molecular formula is C7H8F2N4O. The van der Waals surface area contributed by atoms with Crippen molar-refractivity contribution in [2.75, 3.05) is 13.1 Å². The Bertz CT molecular complexity index is 329. The largest absolute Gasteiger partial charge is 0.329 e. The summed E-state index contributed by atoms with van der Waals surface area (Å²) in [5.41, 5.74) is 0. The SMILES string of the molecule is O=C(Cn1cncn1)N1CC(F)(F)C1. The molecule has 0 bridgehead atoms. The van der Waals surface area contributed by atoms with Crippen molar-refractivity contribution in [3.8, 4) is 0 Å². The zero-order valence-corrected chi connectivity index (χ0v) is 7.23. The summed E-state index contributed by atoms with van der Waals surface area (Å²) >= 11 is 0. The van der Waals surface area contributed by atoms with Crippen LogP contribution in [-0.4, -0.2) is 44.6 Å². The smallest absolute Gasteiger partial charge is 0.282 e. The fourth-order valence-corrected chi connectivity index (χ4v) is 1.24. The first-order valence-electron chi connectivity index (χ1n) is 4.05. The quantitative estimate of drug-likeness (QED) is 0.664. The van der Waals surface area contributed by atoms with Crippen molar-refractivity contribution in [1.82, 2.24) is 19.7 Å². The molecule has 2 heterocycles. The third kappa shape index (κ3) is 1.70. The van der Waals surface area contributed by atoms with E-state index in [9.17, 15) is 13.6 Å². The van der Waals surface area contributed by atoms with Crippen LogP contribution in [0.25, 0.3) is 0 Å². The van der Waals surface area contributed by atoms with Crippen molar-refractivity contribution in [1.29, 1.82) is 0 Å². The summed E-state index contributed by atoms with van der Waals surface area (Å²) in [6.45, 7) is -1.00. The summed E-state index contributed by atoms with van der Waals surface area (Å²) < 4.78 is 26.1. The van der Waals surface area contributed by atoms with Gasteiger partial charge < -0.3 is 4.90 Å². The van der Waals surface area contributed by atoms with Crippen LogP contribution < -0.4 is 0 Å². The number of carbonyl (C=O) groups is 1. The maximum Gasteiger partial charge on any atom is 0.282 e. The van der Waals surface area contributed by atoms with Crippen LogP contribution in [0.4, 0.5) is 8.78 Å². The van der Waals surface area contributed by atoms with Gasteiger partial charge in [-0.2, -0.15) is 5.10 Å². The van der Waals surface area contributed by atoms with Crippen LogP contribution >= 0.6 is 0 Å². The summed E-state index contributed by atoms with van der Waals surface area (Å²) in [4.78, 5) is 16.0. The normalized spacial score (nSPS) is 19.1. The molecule has 1 fully saturated rings. The van der Waals surface area contributed by atoms with Crippen molar-refractivity contribution in [3.05, 3.63) is 12.7 Å². The van der Waals surface area contributed by atoms with Crippen molar-refractivity contribution in [3.63, 3.8) is 0 Å². The number of hydrogen-bond donors (Lipinski definition) is 0.